The maximum Gasteiger partial charge on any atom is 0.363 e. The van der Waals surface area contributed by atoms with Gasteiger partial charge in [-0.1, -0.05) is 0 Å². The predicted octanol–water partition coefficient (Wildman–Crippen LogP) is 2.64. The van der Waals surface area contributed by atoms with Gasteiger partial charge in [0.15, 0.2) is 5.70 Å². The molecule has 0 fully saturated rings. The minimum Gasteiger partial charge on any atom is -0.497 e. The lowest BCUT2D eigenvalue weighted by molar-refractivity contribution is -0.129. The van der Waals surface area contributed by atoms with E-state index >= 15 is 0 Å². The number of methoxy groups -OCH3 is 2. The molecule has 22 heavy (non-hydrogen) atoms. The Labute approximate surface area is 126 Å². The van der Waals surface area contributed by atoms with Gasteiger partial charge in [0, 0.05) is 17.7 Å². The maximum absolute atomic E-state index is 11.9. The summed E-state index contributed by atoms with van der Waals surface area (Å²) in [7, 11) is 3.09. The number of ether oxygens (including phenoxy) is 3. The smallest absolute Gasteiger partial charge is 0.363 e. The van der Waals surface area contributed by atoms with Crippen molar-refractivity contribution in [3.05, 3.63) is 53.6 Å². The van der Waals surface area contributed by atoms with Gasteiger partial charge in [0.2, 0.25) is 5.90 Å². The van der Waals surface area contributed by atoms with Gasteiger partial charge in [-0.25, -0.2) is 9.79 Å². The third-order valence-corrected chi connectivity index (χ3v) is 3.04. The second-order valence-electron chi connectivity index (χ2n) is 4.45. The molecule has 3 rings (SSSR count). The van der Waals surface area contributed by atoms with Crippen LogP contribution in [-0.4, -0.2) is 26.1 Å². The topological polar surface area (TPSA) is 70.3 Å². The monoisotopic (exact) mass is 299 g/mol. The second-order valence-corrected chi connectivity index (χ2v) is 4.45. The minimum atomic E-state index is -0.534. The Morgan fingerprint density at radius 3 is 2.45 bits per heavy atom. The van der Waals surface area contributed by atoms with Gasteiger partial charge >= 0.3 is 5.97 Å². The van der Waals surface area contributed by atoms with Crippen molar-refractivity contribution < 1.29 is 23.4 Å². The van der Waals surface area contributed by atoms with Crippen LogP contribution >= 0.6 is 0 Å². The molecule has 112 valence electrons. The fourth-order valence-corrected chi connectivity index (χ4v) is 1.97. The van der Waals surface area contributed by atoms with E-state index in [0.29, 0.717) is 22.8 Å². The van der Waals surface area contributed by atoms with E-state index < -0.39 is 5.97 Å². The Morgan fingerprint density at radius 1 is 1.14 bits per heavy atom. The van der Waals surface area contributed by atoms with Crippen molar-refractivity contribution >= 4 is 17.9 Å². The summed E-state index contributed by atoms with van der Waals surface area (Å²) in [5.41, 5.74) is 0.763. The normalized spacial score (nSPS) is 15.6. The van der Waals surface area contributed by atoms with Gasteiger partial charge in [0.05, 0.1) is 20.5 Å². The maximum atomic E-state index is 11.9. The largest absolute Gasteiger partial charge is 0.497 e. The highest BCUT2D eigenvalue weighted by atomic mass is 16.6. The molecule has 0 radical (unpaired) electrons. The van der Waals surface area contributed by atoms with Gasteiger partial charge < -0.3 is 18.6 Å². The summed E-state index contributed by atoms with van der Waals surface area (Å²) in [6.07, 6.45) is 3.04. The van der Waals surface area contributed by atoms with Crippen molar-refractivity contribution in [1.29, 1.82) is 0 Å². The average molecular weight is 299 g/mol. The molecule has 2 aromatic rings. The second kappa shape index (κ2) is 5.77. The van der Waals surface area contributed by atoms with Gasteiger partial charge in [-0.15, -0.1) is 0 Å². The zero-order valence-electron chi connectivity index (χ0n) is 12.0. The zero-order chi connectivity index (χ0) is 15.5. The van der Waals surface area contributed by atoms with Gasteiger partial charge in [-0.3, -0.25) is 0 Å². The number of carbonyl (C=O) groups excluding carboxylic acids is 1. The molecule has 0 bridgehead atoms. The van der Waals surface area contributed by atoms with E-state index in [2.05, 4.69) is 4.99 Å². The molecular formula is C16H13NO5. The summed E-state index contributed by atoms with van der Waals surface area (Å²) >= 11 is 0. The lowest BCUT2D eigenvalue weighted by Crippen LogP contribution is -2.06. The highest BCUT2D eigenvalue weighted by Gasteiger charge is 2.25. The quantitative estimate of drug-likeness (QED) is 0.641. The summed E-state index contributed by atoms with van der Waals surface area (Å²) in [5, 5.41) is 0. The zero-order valence-corrected chi connectivity index (χ0v) is 12.0. The van der Waals surface area contributed by atoms with Crippen LogP contribution in [0.2, 0.25) is 0 Å². The molecule has 0 spiro atoms. The van der Waals surface area contributed by atoms with E-state index in [4.69, 9.17) is 18.6 Å². The molecule has 1 aromatic heterocycles. The van der Waals surface area contributed by atoms with Crippen LogP contribution in [0, 0.1) is 0 Å². The Bertz CT molecular complexity index is 737. The third-order valence-electron chi connectivity index (χ3n) is 3.04. The van der Waals surface area contributed by atoms with E-state index in [0.717, 1.165) is 0 Å². The first kappa shape index (κ1) is 13.9. The number of esters is 1. The first-order valence-electron chi connectivity index (χ1n) is 6.49. The lowest BCUT2D eigenvalue weighted by atomic mass is 10.2. The number of hydrogen-bond acceptors (Lipinski definition) is 6. The van der Waals surface area contributed by atoms with Crippen LogP contribution in [0.15, 0.2) is 51.7 Å². The van der Waals surface area contributed by atoms with Crippen LogP contribution in [0.3, 0.4) is 0 Å². The van der Waals surface area contributed by atoms with Crippen LogP contribution in [-0.2, 0) is 9.53 Å². The Balaban J connectivity index is 1.97. The van der Waals surface area contributed by atoms with Crippen LogP contribution in [0.1, 0.15) is 11.3 Å². The summed E-state index contributed by atoms with van der Waals surface area (Å²) in [6, 6.07) is 8.60. The van der Waals surface area contributed by atoms with E-state index in [-0.39, 0.29) is 11.6 Å². The van der Waals surface area contributed by atoms with E-state index in [1.807, 2.05) is 0 Å². The lowest BCUT2D eigenvalue weighted by Gasteiger charge is -2.07. The average Bonchev–Trinajstić information content (AvgIpc) is 3.17. The predicted molar refractivity (Wildman–Crippen MR) is 78.9 cm³/mol. The molecule has 1 aromatic carbocycles. The van der Waals surface area contributed by atoms with E-state index in [1.165, 1.54) is 12.3 Å². The number of rotatable bonds is 4. The first-order chi connectivity index (χ1) is 10.7. The van der Waals surface area contributed by atoms with Gasteiger partial charge in [0.1, 0.15) is 17.3 Å². The van der Waals surface area contributed by atoms with Gasteiger partial charge in [0.25, 0.3) is 0 Å². The number of nitrogens with zero attached hydrogens (tertiary/aromatic N) is 1. The molecule has 1 aliphatic heterocycles. The summed E-state index contributed by atoms with van der Waals surface area (Å²) in [4.78, 5) is 16.1. The number of cyclic esters (lactones) is 1. The standard InChI is InChI=1S/C16H13NO5/c1-19-12-6-10(7-13(8-12)20-2)15-17-14(16(18)22-15)9-11-4-3-5-21-11/h3-9H,1-2H3. The molecule has 1 aliphatic rings. The van der Waals surface area contributed by atoms with Crippen molar-refractivity contribution in [2.24, 2.45) is 4.99 Å². The van der Waals surface area contributed by atoms with Crippen molar-refractivity contribution in [1.82, 2.24) is 0 Å². The summed E-state index contributed by atoms with van der Waals surface area (Å²) < 4.78 is 20.7. The van der Waals surface area contributed by atoms with E-state index in [9.17, 15) is 4.79 Å². The van der Waals surface area contributed by atoms with Crippen molar-refractivity contribution in [3.63, 3.8) is 0 Å². The van der Waals surface area contributed by atoms with Crippen LogP contribution < -0.4 is 9.47 Å². The Hall–Kier alpha value is -3.02. The molecule has 0 saturated heterocycles. The number of carbonyl (C=O) groups is 1. The van der Waals surface area contributed by atoms with Gasteiger partial charge in [-0.05, 0) is 24.3 Å². The number of furan rings is 1. The summed E-state index contributed by atoms with van der Waals surface area (Å²) in [6.45, 7) is 0. The van der Waals surface area contributed by atoms with Crippen molar-refractivity contribution in [2.75, 3.05) is 14.2 Å². The van der Waals surface area contributed by atoms with Crippen molar-refractivity contribution in [3.8, 4) is 11.5 Å². The molecular weight excluding hydrogens is 286 g/mol. The van der Waals surface area contributed by atoms with Crippen molar-refractivity contribution in [2.45, 2.75) is 0 Å². The highest BCUT2D eigenvalue weighted by Crippen LogP contribution is 2.26. The number of hydrogen-bond donors (Lipinski definition) is 0. The Morgan fingerprint density at radius 2 is 1.86 bits per heavy atom. The minimum absolute atomic E-state index is 0.173. The molecule has 0 aliphatic carbocycles. The number of benzene rings is 1. The fraction of sp³-hybridized carbons (Fsp3) is 0.125. The van der Waals surface area contributed by atoms with Crippen LogP contribution in [0.4, 0.5) is 0 Å². The molecule has 0 amide bonds. The third kappa shape index (κ3) is 2.71. The fourth-order valence-electron chi connectivity index (χ4n) is 1.97. The SMILES string of the molecule is COc1cc(OC)cc(C2=NC(=Cc3ccco3)C(=O)O2)c1. The molecule has 6 heteroatoms. The molecule has 2 heterocycles. The molecule has 0 saturated carbocycles. The number of aliphatic imine (C=N–C) groups is 1. The molecule has 0 N–H and O–H groups in total. The molecule has 6 nitrogen and oxygen atoms in total. The highest BCUT2D eigenvalue weighted by molar-refractivity contribution is 6.13. The van der Waals surface area contributed by atoms with Crippen LogP contribution in [0.5, 0.6) is 11.5 Å². The Kier molecular flexibility index (Phi) is 3.65. The first-order valence-corrected chi connectivity index (χ1v) is 6.49. The molecule has 0 unspecified atom stereocenters. The van der Waals surface area contributed by atoms with Crippen LogP contribution in [0.25, 0.3) is 6.08 Å². The summed E-state index contributed by atoms with van der Waals surface area (Å²) in [5.74, 6) is 1.35. The van der Waals surface area contributed by atoms with E-state index in [1.54, 1.807) is 44.6 Å². The van der Waals surface area contributed by atoms with Gasteiger partial charge in [-0.2, -0.15) is 0 Å². The molecule has 0 atom stereocenters.